The Labute approximate surface area is 138 Å². The van der Waals surface area contributed by atoms with Gasteiger partial charge in [-0.05, 0) is 24.6 Å². The second-order valence-corrected chi connectivity index (χ2v) is 5.59. The van der Waals surface area contributed by atoms with Crippen LogP contribution in [0.2, 0.25) is 0 Å². The molecular weight excluding hydrogens is 315 g/mol. The minimum Gasteiger partial charge on any atom is -0.481 e. The zero-order valence-corrected chi connectivity index (χ0v) is 13.5. The lowest BCUT2D eigenvalue weighted by molar-refractivity contribution is -0.137. The number of aliphatic carboxylic acids is 1. The summed E-state index contributed by atoms with van der Waals surface area (Å²) < 4.78 is 14.9. The number of rotatable bonds is 7. The van der Waals surface area contributed by atoms with Gasteiger partial charge < -0.3 is 10.4 Å². The van der Waals surface area contributed by atoms with Gasteiger partial charge in [-0.15, -0.1) is 5.10 Å². The molecular formula is C16H19FN4O3. The summed E-state index contributed by atoms with van der Waals surface area (Å²) >= 11 is 0. The molecule has 1 heterocycles. The molecule has 0 aliphatic rings. The van der Waals surface area contributed by atoms with Gasteiger partial charge in [0.2, 0.25) is 5.82 Å². The standard InChI is InChI=1S/C16H19FN4O3/c1-10(2)15-19-14(16(24)18-8-4-7-13(22)23)20-21(15)12-6-3-5-11(17)9-12/h3,5-6,9-10H,4,7-8H2,1-2H3,(H,18,24)(H,22,23). The smallest absolute Gasteiger partial charge is 0.303 e. The van der Waals surface area contributed by atoms with E-state index in [1.165, 1.54) is 16.8 Å². The van der Waals surface area contributed by atoms with Gasteiger partial charge in [-0.1, -0.05) is 19.9 Å². The Bertz CT molecular complexity index is 743. The molecule has 0 spiro atoms. The lowest BCUT2D eigenvalue weighted by atomic mass is 10.2. The molecule has 0 unspecified atom stereocenters. The monoisotopic (exact) mass is 334 g/mol. The third kappa shape index (κ3) is 4.37. The van der Waals surface area contributed by atoms with Gasteiger partial charge in [-0.25, -0.2) is 14.1 Å². The molecule has 7 nitrogen and oxygen atoms in total. The molecule has 8 heteroatoms. The van der Waals surface area contributed by atoms with Crippen LogP contribution in [0.4, 0.5) is 4.39 Å². The topological polar surface area (TPSA) is 97.1 Å². The van der Waals surface area contributed by atoms with Gasteiger partial charge in [0.25, 0.3) is 5.91 Å². The van der Waals surface area contributed by atoms with Crippen LogP contribution in [0.1, 0.15) is 49.1 Å². The number of aromatic nitrogens is 3. The van der Waals surface area contributed by atoms with Crippen LogP contribution in [0.25, 0.3) is 5.69 Å². The van der Waals surface area contributed by atoms with Crippen molar-refractivity contribution in [3.05, 3.63) is 41.7 Å². The minimum atomic E-state index is -0.917. The van der Waals surface area contributed by atoms with Crippen molar-refractivity contribution in [1.82, 2.24) is 20.1 Å². The molecule has 1 aromatic carbocycles. The highest BCUT2D eigenvalue weighted by atomic mass is 19.1. The van der Waals surface area contributed by atoms with Crippen molar-refractivity contribution >= 4 is 11.9 Å². The van der Waals surface area contributed by atoms with Crippen molar-refractivity contribution in [3.8, 4) is 5.69 Å². The Morgan fingerprint density at radius 2 is 2.12 bits per heavy atom. The Hall–Kier alpha value is -2.77. The van der Waals surface area contributed by atoms with E-state index in [9.17, 15) is 14.0 Å². The first-order chi connectivity index (χ1) is 11.4. The van der Waals surface area contributed by atoms with Crippen LogP contribution in [-0.4, -0.2) is 38.3 Å². The van der Waals surface area contributed by atoms with Crippen molar-refractivity contribution in [2.24, 2.45) is 0 Å². The lowest BCUT2D eigenvalue weighted by Crippen LogP contribution is -2.26. The molecule has 128 valence electrons. The number of nitrogens with one attached hydrogen (secondary N) is 1. The van der Waals surface area contributed by atoms with Crippen LogP contribution < -0.4 is 5.32 Å². The molecule has 0 saturated heterocycles. The highest BCUT2D eigenvalue weighted by Gasteiger charge is 2.19. The molecule has 2 aromatic rings. The van der Waals surface area contributed by atoms with Gasteiger partial charge in [-0.3, -0.25) is 9.59 Å². The first-order valence-corrected chi connectivity index (χ1v) is 7.61. The van der Waals surface area contributed by atoms with Crippen LogP contribution in [0.15, 0.2) is 24.3 Å². The fourth-order valence-corrected chi connectivity index (χ4v) is 2.11. The number of carbonyl (C=O) groups excluding carboxylic acids is 1. The summed E-state index contributed by atoms with van der Waals surface area (Å²) in [6.07, 6.45) is 0.297. The summed E-state index contributed by atoms with van der Waals surface area (Å²) in [5.41, 5.74) is 0.483. The zero-order chi connectivity index (χ0) is 17.7. The predicted octanol–water partition coefficient (Wildman–Crippen LogP) is 2.12. The molecule has 0 radical (unpaired) electrons. The Morgan fingerprint density at radius 3 is 2.75 bits per heavy atom. The molecule has 0 bridgehead atoms. The second kappa shape index (κ2) is 7.67. The van der Waals surface area contributed by atoms with E-state index in [0.717, 1.165) is 0 Å². The molecule has 0 atom stereocenters. The maximum atomic E-state index is 13.4. The van der Waals surface area contributed by atoms with E-state index < -0.39 is 17.7 Å². The van der Waals surface area contributed by atoms with Gasteiger partial charge in [0, 0.05) is 18.9 Å². The number of hydrogen-bond acceptors (Lipinski definition) is 4. The highest BCUT2D eigenvalue weighted by Crippen LogP contribution is 2.18. The van der Waals surface area contributed by atoms with E-state index in [4.69, 9.17) is 5.11 Å². The van der Waals surface area contributed by atoms with E-state index in [1.54, 1.807) is 12.1 Å². The van der Waals surface area contributed by atoms with Crippen LogP contribution in [-0.2, 0) is 4.79 Å². The average molecular weight is 334 g/mol. The van der Waals surface area contributed by atoms with Crippen molar-refractivity contribution in [1.29, 1.82) is 0 Å². The number of benzene rings is 1. The quantitative estimate of drug-likeness (QED) is 0.756. The zero-order valence-electron chi connectivity index (χ0n) is 13.5. The largest absolute Gasteiger partial charge is 0.481 e. The highest BCUT2D eigenvalue weighted by molar-refractivity contribution is 5.90. The Kier molecular flexibility index (Phi) is 5.62. The van der Waals surface area contributed by atoms with Crippen molar-refractivity contribution < 1.29 is 19.1 Å². The van der Waals surface area contributed by atoms with E-state index in [0.29, 0.717) is 17.9 Å². The second-order valence-electron chi connectivity index (χ2n) is 5.59. The first-order valence-electron chi connectivity index (χ1n) is 7.61. The van der Waals surface area contributed by atoms with E-state index in [-0.39, 0.29) is 24.7 Å². The molecule has 0 fully saturated rings. The molecule has 0 saturated carbocycles. The summed E-state index contributed by atoms with van der Waals surface area (Å²) in [5.74, 6) is -1.32. The summed E-state index contributed by atoms with van der Waals surface area (Å²) in [5, 5.41) is 15.3. The number of carboxylic acid groups (broad SMARTS) is 1. The van der Waals surface area contributed by atoms with Crippen molar-refractivity contribution in [3.63, 3.8) is 0 Å². The van der Waals surface area contributed by atoms with Gasteiger partial charge >= 0.3 is 5.97 Å². The number of carboxylic acids is 1. The van der Waals surface area contributed by atoms with Gasteiger partial charge in [-0.2, -0.15) is 0 Å². The van der Waals surface area contributed by atoms with Crippen LogP contribution >= 0.6 is 0 Å². The SMILES string of the molecule is CC(C)c1nc(C(=O)NCCCC(=O)O)nn1-c1cccc(F)c1. The molecule has 2 rings (SSSR count). The predicted molar refractivity (Wildman–Crippen MR) is 84.6 cm³/mol. The molecule has 0 aliphatic carbocycles. The van der Waals surface area contributed by atoms with E-state index in [1.807, 2.05) is 13.8 Å². The fourth-order valence-electron chi connectivity index (χ4n) is 2.11. The average Bonchev–Trinajstić information content (AvgIpc) is 2.97. The first kappa shape index (κ1) is 17.6. The minimum absolute atomic E-state index is 0.0191. The fraction of sp³-hybridized carbons (Fsp3) is 0.375. The van der Waals surface area contributed by atoms with Gasteiger partial charge in [0.05, 0.1) is 5.69 Å². The molecule has 1 aromatic heterocycles. The Balaban J connectivity index is 2.19. The molecule has 1 amide bonds. The van der Waals surface area contributed by atoms with Crippen LogP contribution in [0.5, 0.6) is 0 Å². The summed E-state index contributed by atoms with van der Waals surface area (Å²) in [6, 6.07) is 5.88. The number of carbonyl (C=O) groups is 2. The van der Waals surface area contributed by atoms with E-state index in [2.05, 4.69) is 15.4 Å². The van der Waals surface area contributed by atoms with Crippen LogP contribution in [0, 0.1) is 5.82 Å². The van der Waals surface area contributed by atoms with Crippen molar-refractivity contribution in [2.75, 3.05) is 6.54 Å². The summed E-state index contributed by atoms with van der Waals surface area (Å²) in [6.45, 7) is 4.01. The maximum Gasteiger partial charge on any atom is 0.303 e. The lowest BCUT2D eigenvalue weighted by Gasteiger charge is -2.07. The number of nitrogens with zero attached hydrogens (tertiary/aromatic N) is 3. The third-order valence-corrected chi connectivity index (χ3v) is 3.26. The number of halogens is 1. The molecule has 2 N–H and O–H groups in total. The number of amides is 1. The Morgan fingerprint density at radius 1 is 1.38 bits per heavy atom. The van der Waals surface area contributed by atoms with Gasteiger partial charge in [0.1, 0.15) is 11.6 Å². The summed E-state index contributed by atoms with van der Waals surface area (Å²) in [7, 11) is 0. The van der Waals surface area contributed by atoms with Crippen LogP contribution in [0.3, 0.4) is 0 Å². The normalized spacial score (nSPS) is 10.8. The molecule has 0 aliphatic heterocycles. The van der Waals surface area contributed by atoms with E-state index >= 15 is 0 Å². The molecule has 24 heavy (non-hydrogen) atoms. The maximum absolute atomic E-state index is 13.4. The third-order valence-electron chi connectivity index (χ3n) is 3.26. The van der Waals surface area contributed by atoms with Crippen molar-refractivity contribution in [2.45, 2.75) is 32.6 Å². The number of hydrogen-bond donors (Lipinski definition) is 2. The van der Waals surface area contributed by atoms with Gasteiger partial charge in [0.15, 0.2) is 0 Å². The summed E-state index contributed by atoms with van der Waals surface area (Å²) in [4.78, 5) is 26.8.